The fraction of sp³-hybridized carbons (Fsp3) is 0.390. The van der Waals surface area contributed by atoms with Gasteiger partial charge < -0.3 is 25.0 Å². The van der Waals surface area contributed by atoms with E-state index in [4.69, 9.17) is 32.7 Å². The predicted molar refractivity (Wildman–Crippen MR) is 208 cm³/mol. The maximum absolute atomic E-state index is 13.5. The number of nitrogens with zero attached hydrogens (tertiary/aromatic N) is 4. The largest absolute Gasteiger partial charge is 0.481 e. The van der Waals surface area contributed by atoms with E-state index in [9.17, 15) is 24.6 Å². The van der Waals surface area contributed by atoms with Crippen LogP contribution in [-0.4, -0.2) is 81.1 Å². The molecule has 14 heteroatoms. The van der Waals surface area contributed by atoms with E-state index in [1.54, 1.807) is 44.3 Å². The topological polar surface area (TPSA) is 154 Å². The molecule has 55 heavy (non-hydrogen) atoms. The maximum Gasteiger partial charge on any atom is 0.310 e. The molecule has 7 rings (SSSR count). The second-order valence-electron chi connectivity index (χ2n) is 15.3. The summed E-state index contributed by atoms with van der Waals surface area (Å²) in [6.45, 7) is 6.79. The molecule has 0 saturated carbocycles. The lowest BCUT2D eigenvalue weighted by atomic mass is 9.90. The zero-order valence-corrected chi connectivity index (χ0v) is 32.4. The van der Waals surface area contributed by atoms with Crippen molar-refractivity contribution in [3.63, 3.8) is 0 Å². The Balaban J connectivity index is 1.03. The van der Waals surface area contributed by atoms with Gasteiger partial charge >= 0.3 is 11.9 Å². The molecule has 2 aromatic heterocycles. The van der Waals surface area contributed by atoms with Crippen LogP contribution in [-0.2, 0) is 29.1 Å². The van der Waals surface area contributed by atoms with Gasteiger partial charge in [-0.15, -0.1) is 0 Å². The van der Waals surface area contributed by atoms with E-state index >= 15 is 0 Å². The highest BCUT2D eigenvalue weighted by Gasteiger charge is 2.41. The normalized spacial score (nSPS) is 22.4. The van der Waals surface area contributed by atoms with Crippen LogP contribution >= 0.6 is 23.2 Å². The maximum atomic E-state index is 13.5. The lowest BCUT2D eigenvalue weighted by molar-refractivity contribution is -0.148. The van der Waals surface area contributed by atoms with E-state index < -0.39 is 28.7 Å². The van der Waals surface area contributed by atoms with Crippen molar-refractivity contribution < 1.29 is 34.1 Å². The number of ether oxygens (including phenoxy) is 2. The summed E-state index contributed by atoms with van der Waals surface area (Å²) in [6, 6.07) is 16.7. The minimum Gasteiger partial charge on any atom is -0.481 e. The van der Waals surface area contributed by atoms with Gasteiger partial charge in [-0.25, -0.2) is 4.98 Å². The van der Waals surface area contributed by atoms with Gasteiger partial charge in [0, 0.05) is 43.5 Å². The standard InChI is InChI=1S/C41H43Cl2N5O7/c1-40(38(50)51)14-16-47(22-40)20-24-10-13-33(44-19-24)45-35(49)30-9-5-8-29(34(30)43)26-6-4-7-28-27(26)11-12-32(28)55-37-31(42)18-25(36(46-37)54-3)21-48-17-15-41(2,23-48)39(52)53/h4-10,13,18-19,32H,11-12,14-17,20-23H2,1-3H3,(H,50,51)(H,52,53)(H,44,45,49)/t32-,40?,41?/m0/s1. The van der Waals surface area contributed by atoms with E-state index in [0.29, 0.717) is 92.3 Å². The molecule has 1 aliphatic carbocycles. The number of anilines is 1. The molecule has 1 amide bonds. The Morgan fingerprint density at radius 2 is 1.58 bits per heavy atom. The molecule has 2 saturated heterocycles. The summed E-state index contributed by atoms with van der Waals surface area (Å²) in [5, 5.41) is 22.7. The first-order valence-electron chi connectivity index (χ1n) is 18.3. The number of hydrogen-bond acceptors (Lipinski definition) is 9. The van der Waals surface area contributed by atoms with Crippen LogP contribution in [0, 0.1) is 10.8 Å². The number of hydrogen-bond donors (Lipinski definition) is 3. The summed E-state index contributed by atoms with van der Waals surface area (Å²) in [5.41, 5.74) is 4.09. The van der Waals surface area contributed by atoms with Gasteiger partial charge in [0.15, 0.2) is 0 Å². The number of fused-ring (bicyclic) bond motifs is 1. The molecule has 288 valence electrons. The molecular formula is C41H43Cl2N5O7. The van der Waals surface area contributed by atoms with Gasteiger partial charge in [0.25, 0.3) is 5.91 Å². The Labute approximate surface area is 329 Å². The number of aromatic nitrogens is 2. The summed E-state index contributed by atoms with van der Waals surface area (Å²) >= 11 is 13.7. The second kappa shape index (κ2) is 15.4. The number of pyridine rings is 2. The van der Waals surface area contributed by atoms with E-state index in [1.807, 2.05) is 30.3 Å². The number of methoxy groups -OCH3 is 1. The van der Waals surface area contributed by atoms with E-state index in [2.05, 4.69) is 25.1 Å². The number of carbonyl (C=O) groups is 3. The number of likely N-dealkylation sites (tertiary alicyclic amines) is 2. The van der Waals surface area contributed by atoms with Gasteiger partial charge in [0.1, 0.15) is 16.9 Å². The van der Waals surface area contributed by atoms with Crippen LogP contribution in [0.25, 0.3) is 11.1 Å². The van der Waals surface area contributed by atoms with Crippen molar-refractivity contribution in [3.8, 4) is 22.9 Å². The first kappa shape index (κ1) is 38.5. The first-order chi connectivity index (χ1) is 26.3. The van der Waals surface area contributed by atoms with E-state index in [-0.39, 0.29) is 12.0 Å². The number of aliphatic carboxylic acids is 2. The smallest absolute Gasteiger partial charge is 0.310 e. The van der Waals surface area contributed by atoms with Crippen LogP contribution in [0.15, 0.2) is 60.8 Å². The molecule has 2 unspecified atom stereocenters. The van der Waals surface area contributed by atoms with Crippen LogP contribution in [0.4, 0.5) is 5.82 Å². The molecule has 3 N–H and O–H groups in total. The number of halogens is 2. The molecule has 4 heterocycles. The van der Waals surface area contributed by atoms with Crippen LogP contribution in [0.2, 0.25) is 10.0 Å². The molecule has 3 atom stereocenters. The van der Waals surface area contributed by atoms with Crippen LogP contribution < -0.4 is 14.8 Å². The van der Waals surface area contributed by atoms with Gasteiger partial charge in [-0.05, 0) is 93.1 Å². The van der Waals surface area contributed by atoms with E-state index in [1.165, 1.54) is 7.11 Å². The zero-order valence-electron chi connectivity index (χ0n) is 30.9. The number of rotatable bonds is 12. The first-order valence-corrected chi connectivity index (χ1v) is 19.0. The molecule has 12 nitrogen and oxygen atoms in total. The highest BCUT2D eigenvalue weighted by Crippen LogP contribution is 2.44. The minimum atomic E-state index is -0.804. The molecule has 0 bridgehead atoms. The fourth-order valence-corrected chi connectivity index (χ4v) is 8.45. The zero-order chi connectivity index (χ0) is 39.1. The van der Waals surface area contributed by atoms with Gasteiger partial charge in [0.2, 0.25) is 11.8 Å². The number of nitrogens with one attached hydrogen (secondary N) is 1. The van der Waals surface area contributed by atoms with Crippen molar-refractivity contribution in [2.75, 3.05) is 38.6 Å². The van der Waals surface area contributed by atoms with Gasteiger partial charge in [-0.1, -0.05) is 59.6 Å². The third kappa shape index (κ3) is 7.86. The Hall–Kier alpha value is -4.75. The lowest BCUT2D eigenvalue weighted by Gasteiger charge is -2.22. The third-order valence-corrected chi connectivity index (χ3v) is 11.9. The molecule has 3 aliphatic rings. The molecule has 4 aromatic rings. The van der Waals surface area contributed by atoms with Gasteiger partial charge in [-0.2, -0.15) is 4.98 Å². The van der Waals surface area contributed by atoms with Crippen LogP contribution in [0.3, 0.4) is 0 Å². The van der Waals surface area contributed by atoms with Crippen molar-refractivity contribution in [2.24, 2.45) is 10.8 Å². The van der Waals surface area contributed by atoms with Crippen molar-refractivity contribution in [3.05, 3.63) is 98.7 Å². The average Bonchev–Trinajstić information content (AvgIpc) is 3.87. The third-order valence-electron chi connectivity index (χ3n) is 11.2. The molecule has 0 radical (unpaired) electrons. The van der Waals surface area contributed by atoms with Crippen molar-refractivity contribution in [2.45, 2.75) is 58.7 Å². The Morgan fingerprint density at radius 1 is 0.909 bits per heavy atom. The van der Waals surface area contributed by atoms with E-state index in [0.717, 1.165) is 33.4 Å². The monoisotopic (exact) mass is 787 g/mol. The summed E-state index contributed by atoms with van der Waals surface area (Å²) in [5.74, 6) is -0.983. The number of carboxylic acids is 2. The number of carbonyl (C=O) groups excluding carboxylic acids is 1. The Morgan fingerprint density at radius 3 is 2.22 bits per heavy atom. The average molecular weight is 789 g/mol. The summed E-state index contributed by atoms with van der Waals surface area (Å²) < 4.78 is 12.1. The Kier molecular flexibility index (Phi) is 10.8. The fourth-order valence-electron chi connectivity index (χ4n) is 7.91. The van der Waals surface area contributed by atoms with Gasteiger partial charge in [0.05, 0.1) is 28.5 Å². The number of amides is 1. The molecule has 2 aromatic carbocycles. The van der Waals surface area contributed by atoms with Crippen molar-refractivity contribution in [1.29, 1.82) is 0 Å². The van der Waals surface area contributed by atoms with Crippen molar-refractivity contribution >= 4 is 46.9 Å². The predicted octanol–water partition coefficient (Wildman–Crippen LogP) is 7.37. The molecule has 0 spiro atoms. The van der Waals surface area contributed by atoms with Crippen molar-refractivity contribution in [1.82, 2.24) is 19.8 Å². The SMILES string of the molecule is COc1nc(O[C@H]2CCc3c(-c4cccc(C(=O)Nc5ccc(CN6CCC(C)(C(=O)O)C6)cn5)c4Cl)cccc32)c(Cl)cc1CN1CCC(C)(C(=O)O)C1. The Bertz CT molecular complexity index is 2150. The summed E-state index contributed by atoms with van der Waals surface area (Å²) in [7, 11) is 1.53. The molecular weight excluding hydrogens is 745 g/mol. The number of carboxylic acid groups (broad SMARTS) is 2. The molecule has 2 aliphatic heterocycles. The highest BCUT2D eigenvalue weighted by molar-refractivity contribution is 6.37. The van der Waals surface area contributed by atoms with Gasteiger partial charge in [-0.3, -0.25) is 24.2 Å². The second-order valence-corrected chi connectivity index (χ2v) is 16.1. The quantitative estimate of drug-likeness (QED) is 0.132. The summed E-state index contributed by atoms with van der Waals surface area (Å²) in [6.07, 6.45) is 3.89. The highest BCUT2D eigenvalue weighted by atomic mass is 35.5. The lowest BCUT2D eigenvalue weighted by Crippen LogP contribution is -2.31. The number of benzene rings is 2. The summed E-state index contributed by atoms with van der Waals surface area (Å²) in [4.78, 5) is 50.1. The van der Waals surface area contributed by atoms with Crippen LogP contribution in [0.1, 0.15) is 71.8 Å². The minimum absolute atomic E-state index is 0.248. The van der Waals surface area contributed by atoms with Crippen LogP contribution in [0.5, 0.6) is 11.8 Å². The molecule has 2 fully saturated rings.